The van der Waals surface area contributed by atoms with Gasteiger partial charge in [0.25, 0.3) is 5.56 Å². The van der Waals surface area contributed by atoms with Crippen LogP contribution in [-0.4, -0.2) is 31.3 Å². The van der Waals surface area contributed by atoms with Crippen molar-refractivity contribution in [2.45, 2.75) is 25.3 Å². The van der Waals surface area contributed by atoms with Gasteiger partial charge in [0.1, 0.15) is 5.69 Å². The lowest BCUT2D eigenvalue weighted by atomic mass is 10.1. The summed E-state index contributed by atoms with van der Waals surface area (Å²) in [6.07, 6.45) is 2.91. The fourth-order valence-electron chi connectivity index (χ4n) is 3.76. The summed E-state index contributed by atoms with van der Waals surface area (Å²) in [5.74, 6) is 0.525. The van der Waals surface area contributed by atoms with Crippen molar-refractivity contribution < 1.29 is 9.13 Å². The molecule has 24 heavy (non-hydrogen) atoms. The van der Waals surface area contributed by atoms with Gasteiger partial charge in [0, 0.05) is 30.6 Å². The molecule has 0 radical (unpaired) electrons. The van der Waals surface area contributed by atoms with Gasteiger partial charge in [0.05, 0.1) is 12.6 Å². The van der Waals surface area contributed by atoms with Gasteiger partial charge in [-0.25, -0.2) is 4.39 Å². The smallest absolute Gasteiger partial charge is 0.251 e. The molecule has 2 fully saturated rings. The van der Waals surface area contributed by atoms with Gasteiger partial charge in [-0.1, -0.05) is 0 Å². The first kappa shape index (κ1) is 15.4. The molecule has 4 rings (SSSR count). The van der Waals surface area contributed by atoms with Crippen molar-refractivity contribution in [3.05, 3.63) is 34.4 Å². The van der Waals surface area contributed by atoms with Crippen molar-refractivity contribution in [2.75, 3.05) is 31.6 Å². The van der Waals surface area contributed by atoms with Gasteiger partial charge in [-0.05, 0) is 43.9 Å². The zero-order valence-corrected chi connectivity index (χ0v) is 13.8. The quantitative estimate of drug-likeness (QED) is 0.934. The predicted molar refractivity (Wildman–Crippen MR) is 92.4 cm³/mol. The number of halogens is 1. The number of benzene rings is 1. The molecule has 2 aromatic rings. The molecule has 1 saturated carbocycles. The molecule has 1 aliphatic carbocycles. The second-order valence-corrected chi connectivity index (χ2v) is 6.79. The normalized spacial score (nSPS) is 20.8. The van der Waals surface area contributed by atoms with Gasteiger partial charge in [0.15, 0.2) is 11.6 Å². The van der Waals surface area contributed by atoms with Crippen LogP contribution >= 0.6 is 0 Å². The van der Waals surface area contributed by atoms with E-state index in [1.807, 2.05) is 4.90 Å². The summed E-state index contributed by atoms with van der Waals surface area (Å²) in [6, 6.07) is 4.91. The van der Waals surface area contributed by atoms with Gasteiger partial charge in [0.2, 0.25) is 0 Å². The number of hydrogen-bond donors (Lipinski definition) is 1. The summed E-state index contributed by atoms with van der Waals surface area (Å²) >= 11 is 0. The van der Waals surface area contributed by atoms with Crippen molar-refractivity contribution in [1.29, 1.82) is 0 Å². The molecule has 1 aromatic heterocycles. The lowest BCUT2D eigenvalue weighted by Crippen LogP contribution is -2.25. The van der Waals surface area contributed by atoms with Gasteiger partial charge < -0.3 is 19.9 Å². The van der Waals surface area contributed by atoms with Crippen LogP contribution < -0.4 is 20.9 Å². The molecule has 0 spiro atoms. The number of pyridine rings is 1. The first-order chi connectivity index (χ1) is 11.6. The minimum atomic E-state index is -0.307. The number of aromatic nitrogens is 1. The number of nitrogens with two attached hydrogens (primary N) is 1. The topological polar surface area (TPSA) is 60.5 Å². The van der Waals surface area contributed by atoms with Crippen molar-refractivity contribution in [3.63, 3.8) is 0 Å². The Bertz CT molecular complexity index is 844. The van der Waals surface area contributed by atoms with Crippen LogP contribution in [0.2, 0.25) is 0 Å². The molecule has 0 amide bonds. The Hall–Kier alpha value is -2.08. The monoisotopic (exact) mass is 331 g/mol. The summed E-state index contributed by atoms with van der Waals surface area (Å²) in [4.78, 5) is 14.4. The molecule has 2 N–H and O–H groups in total. The summed E-state index contributed by atoms with van der Waals surface area (Å²) in [5.41, 5.74) is 6.88. The molecule has 2 aliphatic rings. The zero-order chi connectivity index (χ0) is 16.8. The summed E-state index contributed by atoms with van der Waals surface area (Å²) in [6.45, 7) is 2.07. The van der Waals surface area contributed by atoms with Crippen LogP contribution in [0.1, 0.15) is 25.3 Å². The third-order valence-corrected chi connectivity index (χ3v) is 5.15. The molecule has 128 valence electrons. The maximum atomic E-state index is 14.9. The summed E-state index contributed by atoms with van der Waals surface area (Å²) in [5, 5.41) is 0.703. The maximum Gasteiger partial charge on any atom is 0.251 e. The second-order valence-electron chi connectivity index (χ2n) is 6.79. The van der Waals surface area contributed by atoms with Gasteiger partial charge >= 0.3 is 0 Å². The summed E-state index contributed by atoms with van der Waals surface area (Å²) in [7, 11) is 1.54. The Morgan fingerprint density at radius 3 is 2.75 bits per heavy atom. The van der Waals surface area contributed by atoms with Crippen molar-refractivity contribution in [1.82, 2.24) is 4.57 Å². The van der Waals surface area contributed by atoms with Crippen molar-refractivity contribution >= 4 is 16.6 Å². The van der Waals surface area contributed by atoms with E-state index in [9.17, 15) is 9.18 Å². The van der Waals surface area contributed by atoms with Gasteiger partial charge in [-0.2, -0.15) is 0 Å². The summed E-state index contributed by atoms with van der Waals surface area (Å²) < 4.78 is 22.3. The van der Waals surface area contributed by atoms with Crippen LogP contribution in [0.3, 0.4) is 0 Å². The van der Waals surface area contributed by atoms with Crippen LogP contribution in [0.5, 0.6) is 5.75 Å². The lowest BCUT2D eigenvalue weighted by Gasteiger charge is -2.24. The molecular weight excluding hydrogens is 309 g/mol. The van der Waals surface area contributed by atoms with Crippen LogP contribution in [0.15, 0.2) is 23.0 Å². The highest BCUT2D eigenvalue weighted by Gasteiger charge is 2.31. The highest BCUT2D eigenvalue weighted by Crippen LogP contribution is 2.43. The average Bonchev–Trinajstić information content (AvgIpc) is 3.30. The SMILES string of the molecule is COc1c(N2CCC(CN)C2)c(F)cc2ccc(=O)n(C3CC3)c12. The highest BCUT2D eigenvalue weighted by atomic mass is 19.1. The third kappa shape index (κ3) is 2.36. The molecule has 1 atom stereocenters. The molecule has 2 heterocycles. The predicted octanol–water partition coefficient (Wildman–Crippen LogP) is 2.27. The molecule has 1 aliphatic heterocycles. The number of rotatable bonds is 4. The van der Waals surface area contributed by atoms with Crippen molar-refractivity contribution in [2.24, 2.45) is 11.7 Å². The second kappa shape index (κ2) is 5.77. The van der Waals surface area contributed by atoms with Crippen LogP contribution in [0.25, 0.3) is 10.9 Å². The number of methoxy groups -OCH3 is 1. The van der Waals surface area contributed by atoms with Crippen molar-refractivity contribution in [3.8, 4) is 5.75 Å². The molecule has 1 aromatic carbocycles. The van der Waals surface area contributed by atoms with E-state index in [0.717, 1.165) is 32.4 Å². The largest absolute Gasteiger partial charge is 0.492 e. The van der Waals surface area contributed by atoms with Gasteiger partial charge in [-0.3, -0.25) is 4.79 Å². The van der Waals surface area contributed by atoms with E-state index in [1.54, 1.807) is 17.7 Å². The van der Waals surface area contributed by atoms with Gasteiger partial charge in [-0.15, -0.1) is 0 Å². The number of hydrogen-bond acceptors (Lipinski definition) is 4. The Balaban J connectivity index is 1.95. The maximum absolute atomic E-state index is 14.9. The Kier molecular flexibility index (Phi) is 3.72. The third-order valence-electron chi connectivity index (χ3n) is 5.15. The molecular formula is C18H22FN3O2. The fourth-order valence-corrected chi connectivity index (χ4v) is 3.76. The first-order valence-corrected chi connectivity index (χ1v) is 8.50. The molecule has 1 saturated heterocycles. The number of nitrogens with zero attached hydrogens (tertiary/aromatic N) is 2. The molecule has 0 bridgehead atoms. The van der Waals surface area contributed by atoms with E-state index in [-0.39, 0.29) is 17.4 Å². The number of fused-ring (bicyclic) bond motifs is 1. The van der Waals surface area contributed by atoms with E-state index in [4.69, 9.17) is 10.5 Å². The molecule has 5 nitrogen and oxygen atoms in total. The van der Waals surface area contributed by atoms with E-state index in [1.165, 1.54) is 12.1 Å². The fraction of sp³-hybridized carbons (Fsp3) is 0.500. The zero-order valence-electron chi connectivity index (χ0n) is 13.8. The Morgan fingerprint density at radius 2 is 2.12 bits per heavy atom. The van der Waals surface area contributed by atoms with E-state index in [0.29, 0.717) is 34.8 Å². The minimum absolute atomic E-state index is 0.0536. The average molecular weight is 331 g/mol. The van der Waals surface area contributed by atoms with Crippen LogP contribution in [0.4, 0.5) is 10.1 Å². The van der Waals surface area contributed by atoms with E-state index in [2.05, 4.69) is 0 Å². The van der Waals surface area contributed by atoms with E-state index < -0.39 is 0 Å². The first-order valence-electron chi connectivity index (χ1n) is 8.50. The van der Waals surface area contributed by atoms with Crippen LogP contribution in [0, 0.1) is 11.7 Å². The number of ether oxygens (including phenoxy) is 1. The molecule has 1 unspecified atom stereocenters. The Morgan fingerprint density at radius 1 is 1.33 bits per heavy atom. The highest BCUT2D eigenvalue weighted by molar-refractivity contribution is 5.91. The molecule has 6 heteroatoms. The van der Waals surface area contributed by atoms with E-state index >= 15 is 0 Å². The Labute approximate surface area is 139 Å². The number of anilines is 1. The minimum Gasteiger partial charge on any atom is -0.492 e. The van der Waals surface area contributed by atoms with Crippen LogP contribution in [-0.2, 0) is 0 Å². The lowest BCUT2D eigenvalue weighted by molar-refractivity contribution is 0.413. The standard InChI is InChI=1S/C18H22FN3O2/c1-24-18-16-12(2-5-15(23)22(16)13-3-4-13)8-14(19)17(18)21-7-6-11(9-20)10-21/h2,5,8,11,13H,3-4,6-7,9-10,20H2,1H3.